The number of halogens is 3. The van der Waals surface area contributed by atoms with Gasteiger partial charge in [-0.25, -0.2) is 4.98 Å². The normalized spacial score (nSPS) is 28.0. The van der Waals surface area contributed by atoms with E-state index in [1.807, 2.05) is 6.92 Å². The van der Waals surface area contributed by atoms with E-state index in [0.29, 0.717) is 30.8 Å². The minimum absolute atomic E-state index is 0.00158. The lowest BCUT2D eigenvalue weighted by Gasteiger charge is -2.38. The van der Waals surface area contributed by atoms with E-state index in [1.165, 1.54) is 12.1 Å². The van der Waals surface area contributed by atoms with Gasteiger partial charge in [0.05, 0.1) is 16.8 Å². The van der Waals surface area contributed by atoms with Gasteiger partial charge in [0, 0.05) is 32.0 Å². The number of carbonyl (C=O) groups excluding carboxylic acids is 1. The van der Waals surface area contributed by atoms with Crippen molar-refractivity contribution in [1.29, 1.82) is 0 Å². The monoisotopic (exact) mass is 421 g/mol. The predicted molar refractivity (Wildman–Crippen MR) is 104 cm³/mol. The van der Waals surface area contributed by atoms with Gasteiger partial charge in [0.2, 0.25) is 5.91 Å². The van der Waals surface area contributed by atoms with Crippen molar-refractivity contribution in [2.24, 2.45) is 0 Å². The second-order valence-electron chi connectivity index (χ2n) is 8.60. The van der Waals surface area contributed by atoms with E-state index in [9.17, 15) is 18.0 Å². The summed E-state index contributed by atoms with van der Waals surface area (Å²) in [5.74, 6) is 0.553. The highest BCUT2D eigenvalue weighted by molar-refractivity contribution is 5.77. The Morgan fingerprint density at radius 2 is 2.13 bits per heavy atom. The fourth-order valence-electron chi connectivity index (χ4n) is 4.98. The summed E-state index contributed by atoms with van der Waals surface area (Å²) in [6.45, 7) is 4.22. The van der Waals surface area contributed by atoms with Gasteiger partial charge < -0.3 is 9.73 Å². The Morgan fingerprint density at radius 3 is 2.83 bits per heavy atom. The molecule has 8 heteroatoms. The standard InChI is InChI=1S/C22H26F3N3O2/c1-14-26-17(13-30-14)12-28-18(15-6-5-7-16(10-15)22(23,24)25)11-21(2)19(28)8-3-4-9-20(29)27-21/h5-7,10,13,18-19H,3-4,8-9,11-12H2,1-2H3,(H,27,29)/t18-,19-,21-/m0/s1. The highest BCUT2D eigenvalue weighted by Gasteiger charge is 2.50. The fraction of sp³-hybridized carbons (Fsp3) is 0.545. The number of amides is 1. The zero-order valence-electron chi connectivity index (χ0n) is 17.1. The van der Waals surface area contributed by atoms with E-state index in [0.717, 1.165) is 31.0 Å². The van der Waals surface area contributed by atoms with Crippen molar-refractivity contribution in [3.63, 3.8) is 0 Å². The molecule has 1 aromatic heterocycles. The van der Waals surface area contributed by atoms with Gasteiger partial charge in [0.15, 0.2) is 5.89 Å². The predicted octanol–water partition coefficient (Wildman–Crippen LogP) is 4.77. The van der Waals surface area contributed by atoms with Crippen LogP contribution < -0.4 is 5.32 Å². The molecule has 0 bridgehead atoms. The Hall–Kier alpha value is -2.35. The van der Waals surface area contributed by atoms with E-state index in [-0.39, 0.29) is 18.0 Å². The lowest BCUT2D eigenvalue weighted by molar-refractivity contribution is -0.137. The van der Waals surface area contributed by atoms with Crippen molar-refractivity contribution in [1.82, 2.24) is 15.2 Å². The smallest absolute Gasteiger partial charge is 0.416 e. The van der Waals surface area contributed by atoms with Crippen molar-refractivity contribution in [2.45, 2.75) is 76.3 Å². The molecule has 2 aromatic rings. The first kappa shape index (κ1) is 20.9. The Balaban J connectivity index is 1.73. The number of hydrogen-bond acceptors (Lipinski definition) is 4. The Kier molecular flexibility index (Phi) is 5.38. The highest BCUT2D eigenvalue weighted by Crippen LogP contribution is 2.46. The maximum absolute atomic E-state index is 13.3. The van der Waals surface area contributed by atoms with Crippen molar-refractivity contribution in [3.05, 3.63) is 53.2 Å². The van der Waals surface area contributed by atoms with Crippen molar-refractivity contribution in [3.8, 4) is 0 Å². The molecule has 2 aliphatic heterocycles. The van der Waals surface area contributed by atoms with E-state index < -0.39 is 17.3 Å². The summed E-state index contributed by atoms with van der Waals surface area (Å²) in [6.07, 6.45) is 0.794. The van der Waals surface area contributed by atoms with Crippen LogP contribution in [0.2, 0.25) is 0 Å². The zero-order chi connectivity index (χ0) is 21.5. The van der Waals surface area contributed by atoms with Crippen LogP contribution in [0.4, 0.5) is 13.2 Å². The fourth-order valence-corrected chi connectivity index (χ4v) is 4.98. The lowest BCUT2D eigenvalue weighted by atomic mass is 9.85. The molecule has 1 amide bonds. The third kappa shape index (κ3) is 4.10. The molecule has 2 saturated heterocycles. The number of nitrogens with one attached hydrogen (secondary N) is 1. The van der Waals surface area contributed by atoms with E-state index in [1.54, 1.807) is 19.3 Å². The summed E-state index contributed by atoms with van der Waals surface area (Å²) in [5.41, 5.74) is 0.167. The van der Waals surface area contributed by atoms with Crippen LogP contribution in [0.1, 0.15) is 67.8 Å². The molecule has 0 unspecified atom stereocenters. The topological polar surface area (TPSA) is 58.4 Å². The molecule has 5 nitrogen and oxygen atoms in total. The van der Waals surface area contributed by atoms with Gasteiger partial charge >= 0.3 is 6.18 Å². The van der Waals surface area contributed by atoms with Crippen LogP contribution in [0.5, 0.6) is 0 Å². The Bertz CT molecular complexity index is 926. The molecule has 4 rings (SSSR count). The van der Waals surface area contributed by atoms with Crippen molar-refractivity contribution in [2.75, 3.05) is 0 Å². The number of likely N-dealkylation sites (tertiary alicyclic amines) is 1. The summed E-state index contributed by atoms with van der Waals surface area (Å²) in [5, 5.41) is 3.18. The number of hydrogen-bond donors (Lipinski definition) is 1. The number of fused-ring (bicyclic) bond motifs is 1. The van der Waals surface area contributed by atoms with Crippen LogP contribution in [0.25, 0.3) is 0 Å². The van der Waals surface area contributed by atoms with Gasteiger partial charge in [-0.05, 0) is 43.9 Å². The molecule has 1 aromatic carbocycles. The largest absolute Gasteiger partial charge is 0.449 e. The lowest BCUT2D eigenvalue weighted by Crippen LogP contribution is -2.55. The van der Waals surface area contributed by atoms with E-state index in [2.05, 4.69) is 15.2 Å². The average Bonchev–Trinajstić information content (AvgIpc) is 3.18. The number of aromatic nitrogens is 1. The molecule has 3 heterocycles. The van der Waals surface area contributed by atoms with Crippen LogP contribution in [0.3, 0.4) is 0 Å². The molecular formula is C22H26F3N3O2. The molecule has 0 aliphatic carbocycles. The van der Waals surface area contributed by atoms with E-state index >= 15 is 0 Å². The van der Waals surface area contributed by atoms with Gasteiger partial charge in [-0.1, -0.05) is 18.6 Å². The maximum Gasteiger partial charge on any atom is 0.416 e. The maximum atomic E-state index is 13.3. The Labute approximate surface area is 173 Å². The highest BCUT2D eigenvalue weighted by atomic mass is 19.4. The molecular weight excluding hydrogens is 395 g/mol. The third-order valence-electron chi connectivity index (χ3n) is 6.32. The van der Waals surface area contributed by atoms with Crippen LogP contribution in [0, 0.1) is 6.92 Å². The number of carbonyl (C=O) groups is 1. The number of benzene rings is 1. The summed E-state index contributed by atoms with van der Waals surface area (Å²) >= 11 is 0. The van der Waals surface area contributed by atoms with Gasteiger partial charge in [0.1, 0.15) is 6.26 Å². The van der Waals surface area contributed by atoms with E-state index in [4.69, 9.17) is 4.42 Å². The summed E-state index contributed by atoms with van der Waals surface area (Å²) in [7, 11) is 0. The number of nitrogens with zero attached hydrogens (tertiary/aromatic N) is 2. The van der Waals surface area contributed by atoms with Crippen LogP contribution in [-0.2, 0) is 17.5 Å². The number of rotatable bonds is 3. The molecule has 3 atom stereocenters. The summed E-state index contributed by atoms with van der Waals surface area (Å²) in [4.78, 5) is 19.0. The van der Waals surface area contributed by atoms with Crippen molar-refractivity contribution < 1.29 is 22.4 Å². The number of alkyl halides is 3. The first-order chi connectivity index (χ1) is 14.2. The van der Waals surface area contributed by atoms with Crippen molar-refractivity contribution >= 4 is 5.91 Å². The second kappa shape index (κ2) is 7.72. The molecule has 162 valence electrons. The molecule has 2 fully saturated rings. The second-order valence-corrected chi connectivity index (χ2v) is 8.60. The SMILES string of the molecule is Cc1nc(CN2[C@H]3CCCCC(=O)N[C@@]3(C)C[C@H]2c2cccc(C(F)(F)F)c2)co1. The third-order valence-corrected chi connectivity index (χ3v) is 6.32. The average molecular weight is 421 g/mol. The molecule has 1 N–H and O–H groups in total. The first-order valence-electron chi connectivity index (χ1n) is 10.3. The minimum atomic E-state index is -4.40. The van der Waals surface area contributed by atoms with Crippen LogP contribution in [-0.4, -0.2) is 27.4 Å². The van der Waals surface area contributed by atoms with Gasteiger partial charge in [-0.2, -0.15) is 13.2 Å². The number of aryl methyl sites for hydroxylation is 1. The molecule has 2 aliphatic rings. The zero-order valence-corrected chi connectivity index (χ0v) is 17.1. The quantitative estimate of drug-likeness (QED) is 0.776. The molecule has 30 heavy (non-hydrogen) atoms. The van der Waals surface area contributed by atoms with Gasteiger partial charge in [0.25, 0.3) is 0 Å². The minimum Gasteiger partial charge on any atom is -0.449 e. The van der Waals surface area contributed by atoms with Gasteiger partial charge in [-0.15, -0.1) is 0 Å². The molecule has 0 saturated carbocycles. The Morgan fingerprint density at radius 1 is 1.33 bits per heavy atom. The first-order valence-corrected chi connectivity index (χ1v) is 10.3. The summed E-state index contributed by atoms with van der Waals surface area (Å²) < 4.78 is 45.4. The summed E-state index contributed by atoms with van der Waals surface area (Å²) in [6, 6.07) is 5.26. The van der Waals surface area contributed by atoms with Crippen LogP contribution in [0.15, 0.2) is 34.9 Å². The number of oxazole rings is 1. The van der Waals surface area contributed by atoms with Crippen LogP contribution >= 0.6 is 0 Å². The van der Waals surface area contributed by atoms with Gasteiger partial charge in [-0.3, -0.25) is 9.69 Å². The molecule has 0 spiro atoms. The molecule has 0 radical (unpaired) electrons.